The summed E-state index contributed by atoms with van der Waals surface area (Å²) in [6, 6.07) is 15.0. The Morgan fingerprint density at radius 3 is 2.71 bits per heavy atom. The molecule has 0 radical (unpaired) electrons. The number of amides is 2. The number of anilines is 1. The minimum Gasteiger partial charge on any atom is -0.376 e. The maximum absolute atomic E-state index is 12.5. The molecule has 2 N–H and O–H groups in total. The Morgan fingerprint density at radius 1 is 1.14 bits per heavy atom. The van der Waals surface area contributed by atoms with Crippen LogP contribution in [0, 0.1) is 0 Å². The van der Waals surface area contributed by atoms with Gasteiger partial charge in [-0.05, 0) is 36.6 Å². The molecule has 5 nitrogen and oxygen atoms in total. The van der Waals surface area contributed by atoms with Crippen molar-refractivity contribution in [3.05, 3.63) is 64.1 Å². The summed E-state index contributed by atoms with van der Waals surface area (Å²) in [5, 5.41) is 5.76. The Bertz CT molecular complexity index is 825. The standard InChI is InChI=1S/C21H23BrN2O3S/c22-18-9-3-1-6-15(18)13-28-14-20(25)24-19-10-4-2-8-17(19)21(26)23-12-16-7-5-11-27-16/h1-4,6,8-10,16H,5,7,11-14H2,(H,23,26)(H,24,25)/t16-/m0/s1. The SMILES string of the molecule is O=C(CSCc1ccccc1Br)Nc1ccccc1C(=O)NC[C@@H]1CCCO1. The number of nitrogens with one attached hydrogen (secondary N) is 2. The second kappa shape index (κ2) is 10.6. The van der Waals surface area contributed by atoms with Crippen molar-refractivity contribution in [1.82, 2.24) is 5.32 Å². The van der Waals surface area contributed by atoms with E-state index in [1.807, 2.05) is 24.3 Å². The molecule has 2 aromatic rings. The molecule has 28 heavy (non-hydrogen) atoms. The molecule has 1 atom stereocenters. The molecule has 0 spiro atoms. The van der Waals surface area contributed by atoms with Crippen LogP contribution in [0.3, 0.4) is 0 Å². The Kier molecular flexibility index (Phi) is 7.94. The Balaban J connectivity index is 1.51. The zero-order valence-electron chi connectivity index (χ0n) is 15.4. The lowest BCUT2D eigenvalue weighted by Gasteiger charge is -2.14. The van der Waals surface area contributed by atoms with Crippen molar-refractivity contribution in [1.29, 1.82) is 0 Å². The van der Waals surface area contributed by atoms with Crippen molar-refractivity contribution < 1.29 is 14.3 Å². The Hall–Kier alpha value is -1.83. The first-order valence-electron chi connectivity index (χ1n) is 9.23. The summed E-state index contributed by atoms with van der Waals surface area (Å²) in [6.07, 6.45) is 2.08. The molecule has 0 unspecified atom stereocenters. The van der Waals surface area contributed by atoms with E-state index in [-0.39, 0.29) is 17.9 Å². The fraction of sp³-hybridized carbons (Fsp3) is 0.333. The zero-order valence-corrected chi connectivity index (χ0v) is 17.9. The first-order chi connectivity index (χ1) is 13.6. The molecule has 1 aliphatic rings. The lowest BCUT2D eigenvalue weighted by atomic mass is 10.1. The van der Waals surface area contributed by atoms with Gasteiger partial charge in [-0.15, -0.1) is 11.8 Å². The molecule has 2 aromatic carbocycles. The molecule has 1 aliphatic heterocycles. The molecule has 0 aliphatic carbocycles. The molecule has 0 saturated carbocycles. The molecule has 2 amide bonds. The highest BCUT2D eigenvalue weighted by Gasteiger charge is 2.18. The van der Waals surface area contributed by atoms with Crippen LogP contribution in [0.1, 0.15) is 28.8 Å². The fourth-order valence-corrected chi connectivity index (χ4v) is 4.39. The van der Waals surface area contributed by atoms with Gasteiger partial charge in [0.15, 0.2) is 0 Å². The minimum absolute atomic E-state index is 0.0828. The zero-order chi connectivity index (χ0) is 19.8. The molecule has 0 aromatic heterocycles. The van der Waals surface area contributed by atoms with E-state index in [1.165, 1.54) is 11.8 Å². The van der Waals surface area contributed by atoms with Crippen molar-refractivity contribution in [2.24, 2.45) is 0 Å². The Morgan fingerprint density at radius 2 is 1.93 bits per heavy atom. The van der Waals surface area contributed by atoms with Crippen LogP contribution in [0.15, 0.2) is 53.0 Å². The average molecular weight is 463 g/mol. The van der Waals surface area contributed by atoms with Gasteiger partial charge < -0.3 is 15.4 Å². The van der Waals surface area contributed by atoms with Crippen LogP contribution in [-0.4, -0.2) is 36.8 Å². The highest BCUT2D eigenvalue weighted by molar-refractivity contribution is 9.10. The van der Waals surface area contributed by atoms with Gasteiger partial charge in [0.2, 0.25) is 5.91 Å². The van der Waals surface area contributed by atoms with E-state index in [0.29, 0.717) is 23.5 Å². The molecular formula is C21H23BrN2O3S. The van der Waals surface area contributed by atoms with Gasteiger partial charge in [0, 0.05) is 23.4 Å². The molecule has 3 rings (SSSR count). The summed E-state index contributed by atoms with van der Waals surface area (Å²) < 4.78 is 6.57. The predicted molar refractivity (Wildman–Crippen MR) is 117 cm³/mol. The number of para-hydroxylation sites is 1. The summed E-state index contributed by atoms with van der Waals surface area (Å²) >= 11 is 5.04. The Labute approximate surface area is 177 Å². The number of hydrogen-bond acceptors (Lipinski definition) is 4. The number of benzene rings is 2. The van der Waals surface area contributed by atoms with E-state index in [0.717, 1.165) is 35.2 Å². The van der Waals surface area contributed by atoms with Crippen molar-refractivity contribution in [3.8, 4) is 0 Å². The number of carbonyl (C=O) groups is 2. The van der Waals surface area contributed by atoms with E-state index in [1.54, 1.807) is 24.3 Å². The number of carbonyl (C=O) groups excluding carboxylic acids is 2. The summed E-state index contributed by atoms with van der Waals surface area (Å²) in [7, 11) is 0. The molecule has 7 heteroatoms. The van der Waals surface area contributed by atoms with Gasteiger partial charge in [0.1, 0.15) is 0 Å². The van der Waals surface area contributed by atoms with Crippen LogP contribution >= 0.6 is 27.7 Å². The van der Waals surface area contributed by atoms with E-state index in [2.05, 4.69) is 26.6 Å². The van der Waals surface area contributed by atoms with Crippen molar-refractivity contribution >= 4 is 45.2 Å². The van der Waals surface area contributed by atoms with Crippen LogP contribution < -0.4 is 10.6 Å². The second-order valence-electron chi connectivity index (χ2n) is 6.52. The topological polar surface area (TPSA) is 67.4 Å². The quantitative estimate of drug-likeness (QED) is 0.615. The maximum Gasteiger partial charge on any atom is 0.253 e. The first kappa shape index (κ1) is 20.9. The predicted octanol–water partition coefficient (Wildman–Crippen LogP) is 4.23. The van der Waals surface area contributed by atoms with Crippen molar-refractivity contribution in [2.45, 2.75) is 24.7 Å². The summed E-state index contributed by atoms with van der Waals surface area (Å²) in [5.41, 5.74) is 2.14. The van der Waals surface area contributed by atoms with Crippen LogP contribution in [0.5, 0.6) is 0 Å². The lowest BCUT2D eigenvalue weighted by Crippen LogP contribution is -2.32. The molecule has 1 fully saturated rings. The third-order valence-electron chi connectivity index (χ3n) is 4.41. The van der Waals surface area contributed by atoms with Crippen molar-refractivity contribution in [3.63, 3.8) is 0 Å². The summed E-state index contributed by atoms with van der Waals surface area (Å²) in [6.45, 7) is 1.24. The van der Waals surface area contributed by atoms with Gasteiger partial charge in [-0.2, -0.15) is 0 Å². The monoisotopic (exact) mass is 462 g/mol. The number of thioether (sulfide) groups is 1. The van der Waals surface area contributed by atoms with Crippen LogP contribution in [-0.2, 0) is 15.3 Å². The number of rotatable bonds is 8. The first-order valence-corrected chi connectivity index (χ1v) is 11.2. The highest BCUT2D eigenvalue weighted by atomic mass is 79.9. The lowest BCUT2D eigenvalue weighted by molar-refractivity contribution is -0.113. The van der Waals surface area contributed by atoms with E-state index < -0.39 is 0 Å². The van der Waals surface area contributed by atoms with Gasteiger partial charge in [0.25, 0.3) is 5.91 Å². The molecule has 148 valence electrons. The third kappa shape index (κ3) is 6.09. The van der Waals surface area contributed by atoms with Crippen molar-refractivity contribution in [2.75, 3.05) is 24.2 Å². The smallest absolute Gasteiger partial charge is 0.253 e. The van der Waals surface area contributed by atoms with Gasteiger partial charge in [-0.3, -0.25) is 9.59 Å². The second-order valence-corrected chi connectivity index (χ2v) is 8.36. The number of halogens is 1. The molecule has 1 heterocycles. The highest BCUT2D eigenvalue weighted by Crippen LogP contribution is 2.22. The van der Waals surface area contributed by atoms with Crippen LogP contribution in [0.4, 0.5) is 5.69 Å². The minimum atomic E-state index is -0.202. The summed E-state index contributed by atoms with van der Waals surface area (Å²) in [5.74, 6) is 0.717. The maximum atomic E-state index is 12.5. The fourth-order valence-electron chi connectivity index (χ4n) is 2.95. The number of ether oxygens (including phenoxy) is 1. The van der Waals surface area contributed by atoms with Gasteiger partial charge in [0.05, 0.1) is 23.1 Å². The van der Waals surface area contributed by atoms with E-state index in [9.17, 15) is 9.59 Å². The molecular weight excluding hydrogens is 440 g/mol. The van der Waals surface area contributed by atoms with E-state index >= 15 is 0 Å². The van der Waals surface area contributed by atoms with Crippen LogP contribution in [0.2, 0.25) is 0 Å². The normalized spacial score (nSPS) is 16.0. The number of hydrogen-bond donors (Lipinski definition) is 2. The van der Waals surface area contributed by atoms with Gasteiger partial charge in [-0.1, -0.05) is 46.3 Å². The summed E-state index contributed by atoms with van der Waals surface area (Å²) in [4.78, 5) is 24.8. The largest absolute Gasteiger partial charge is 0.376 e. The molecule has 0 bridgehead atoms. The molecule has 1 saturated heterocycles. The van der Waals surface area contributed by atoms with Crippen LogP contribution in [0.25, 0.3) is 0 Å². The van der Waals surface area contributed by atoms with E-state index in [4.69, 9.17) is 4.74 Å². The average Bonchev–Trinajstić information content (AvgIpc) is 3.22. The van der Waals surface area contributed by atoms with Gasteiger partial charge >= 0.3 is 0 Å². The third-order valence-corrected chi connectivity index (χ3v) is 6.16. The van der Waals surface area contributed by atoms with Gasteiger partial charge in [-0.25, -0.2) is 0 Å².